The lowest BCUT2D eigenvalue weighted by Crippen LogP contribution is -2.13. The average Bonchev–Trinajstić information content (AvgIpc) is 2.38. The number of thiocarbonyl (C=S) groups is 1. The van der Waals surface area contributed by atoms with Gasteiger partial charge in [0.15, 0.2) is 0 Å². The molecule has 0 bridgehead atoms. The van der Waals surface area contributed by atoms with Crippen LogP contribution in [0.25, 0.3) is 0 Å². The summed E-state index contributed by atoms with van der Waals surface area (Å²) in [6.45, 7) is 0. The van der Waals surface area contributed by atoms with Gasteiger partial charge in [-0.3, -0.25) is 0 Å². The van der Waals surface area contributed by atoms with Crippen molar-refractivity contribution in [2.75, 3.05) is 0 Å². The Morgan fingerprint density at radius 1 is 1.05 bits per heavy atom. The van der Waals surface area contributed by atoms with Gasteiger partial charge in [-0.05, 0) is 30.3 Å². The highest BCUT2D eigenvalue weighted by molar-refractivity contribution is 7.80. The van der Waals surface area contributed by atoms with E-state index in [4.69, 9.17) is 22.7 Å². The van der Waals surface area contributed by atoms with Crippen molar-refractivity contribution in [1.29, 1.82) is 0 Å². The van der Waals surface area contributed by atoms with Gasteiger partial charge in [0.25, 0.3) is 0 Å². The summed E-state index contributed by atoms with van der Waals surface area (Å²) in [5.74, 6) is 0.682. The van der Waals surface area contributed by atoms with Gasteiger partial charge in [0, 0.05) is 0 Å². The highest BCUT2D eigenvalue weighted by atomic mass is 32.1. The van der Waals surface area contributed by atoms with E-state index in [1.54, 1.807) is 30.3 Å². The van der Waals surface area contributed by atoms with Crippen LogP contribution >= 0.6 is 12.2 Å². The second kappa shape index (κ2) is 5.50. The molecule has 2 rings (SSSR count). The van der Waals surface area contributed by atoms with Crippen LogP contribution in [0.4, 0.5) is 13.2 Å². The van der Waals surface area contributed by atoms with Gasteiger partial charge in [-0.25, -0.2) is 0 Å². The number of ether oxygens (including phenoxy) is 1. The van der Waals surface area contributed by atoms with Crippen molar-refractivity contribution in [1.82, 2.24) is 0 Å². The number of benzene rings is 2. The summed E-state index contributed by atoms with van der Waals surface area (Å²) in [4.78, 5) is -0.151. The molecule has 0 unspecified atom stereocenters. The van der Waals surface area contributed by atoms with E-state index >= 15 is 0 Å². The molecule has 0 aliphatic heterocycles. The first kappa shape index (κ1) is 14.3. The Labute approximate surface area is 119 Å². The standard InChI is InChI=1S/C14H10F3NOS/c15-14(16,17)9-6-7-12(11(8-9)13(18)20)19-10-4-2-1-3-5-10/h1-8H,(H2,18,20). The lowest BCUT2D eigenvalue weighted by molar-refractivity contribution is -0.137. The molecule has 2 aromatic carbocycles. The van der Waals surface area contributed by atoms with Crippen molar-refractivity contribution in [3.05, 3.63) is 59.7 Å². The van der Waals surface area contributed by atoms with Crippen LogP contribution in [-0.2, 0) is 6.18 Å². The number of rotatable bonds is 3. The maximum absolute atomic E-state index is 12.7. The van der Waals surface area contributed by atoms with E-state index in [1.165, 1.54) is 6.07 Å². The molecule has 0 amide bonds. The molecule has 2 nitrogen and oxygen atoms in total. The molecule has 0 heterocycles. The fraction of sp³-hybridized carbons (Fsp3) is 0.0714. The van der Waals surface area contributed by atoms with Gasteiger partial charge < -0.3 is 10.5 Å². The van der Waals surface area contributed by atoms with Crippen LogP contribution in [0.1, 0.15) is 11.1 Å². The summed E-state index contributed by atoms with van der Waals surface area (Å²) in [6, 6.07) is 11.7. The van der Waals surface area contributed by atoms with Gasteiger partial charge in [0.1, 0.15) is 16.5 Å². The topological polar surface area (TPSA) is 35.2 Å². The Balaban J connectivity index is 2.41. The van der Waals surface area contributed by atoms with Gasteiger partial charge in [-0.2, -0.15) is 13.2 Å². The minimum absolute atomic E-state index is 0.0543. The summed E-state index contributed by atoms with van der Waals surface area (Å²) in [5.41, 5.74) is 4.70. The molecule has 20 heavy (non-hydrogen) atoms. The number of hydrogen-bond acceptors (Lipinski definition) is 2. The number of halogens is 3. The van der Waals surface area contributed by atoms with E-state index in [2.05, 4.69) is 0 Å². The van der Waals surface area contributed by atoms with E-state index in [1.807, 2.05) is 0 Å². The molecule has 0 saturated heterocycles. The maximum atomic E-state index is 12.7. The number of nitrogens with two attached hydrogens (primary N) is 1. The van der Waals surface area contributed by atoms with Crippen LogP contribution in [0.3, 0.4) is 0 Å². The van der Waals surface area contributed by atoms with Crippen LogP contribution in [0.5, 0.6) is 11.5 Å². The maximum Gasteiger partial charge on any atom is 0.416 e. The van der Waals surface area contributed by atoms with Gasteiger partial charge in [-0.1, -0.05) is 30.4 Å². The third-order valence-corrected chi connectivity index (χ3v) is 2.76. The highest BCUT2D eigenvalue weighted by Gasteiger charge is 2.31. The van der Waals surface area contributed by atoms with Crippen LogP contribution in [-0.4, -0.2) is 4.99 Å². The summed E-state index contributed by atoms with van der Waals surface area (Å²) in [7, 11) is 0. The molecule has 0 radical (unpaired) electrons. The molecular formula is C14H10F3NOS. The van der Waals surface area contributed by atoms with Crippen molar-refractivity contribution in [2.24, 2.45) is 5.73 Å². The van der Waals surface area contributed by atoms with Gasteiger partial charge in [-0.15, -0.1) is 0 Å². The summed E-state index contributed by atoms with van der Waals surface area (Å²) < 4.78 is 43.5. The predicted octanol–water partition coefficient (Wildman–Crippen LogP) is 4.13. The third kappa shape index (κ3) is 3.27. The lowest BCUT2D eigenvalue weighted by atomic mass is 10.1. The molecule has 0 aliphatic rings. The van der Waals surface area contributed by atoms with Crippen LogP contribution < -0.4 is 10.5 Å². The Bertz CT molecular complexity index is 626. The monoisotopic (exact) mass is 297 g/mol. The summed E-state index contributed by atoms with van der Waals surface area (Å²) in [6.07, 6.45) is -4.45. The zero-order valence-electron chi connectivity index (χ0n) is 10.1. The third-order valence-electron chi connectivity index (χ3n) is 2.54. The Morgan fingerprint density at radius 2 is 1.70 bits per heavy atom. The van der Waals surface area contributed by atoms with Crippen LogP contribution in [0.15, 0.2) is 48.5 Å². The predicted molar refractivity (Wildman–Crippen MR) is 73.8 cm³/mol. The fourth-order valence-corrected chi connectivity index (χ4v) is 1.76. The Kier molecular flexibility index (Phi) is 3.94. The van der Waals surface area contributed by atoms with Crippen molar-refractivity contribution in [3.8, 4) is 11.5 Å². The Morgan fingerprint density at radius 3 is 2.25 bits per heavy atom. The molecule has 0 spiro atoms. The van der Waals surface area contributed by atoms with E-state index in [0.717, 1.165) is 12.1 Å². The zero-order chi connectivity index (χ0) is 14.8. The number of hydrogen-bond donors (Lipinski definition) is 1. The number of para-hydroxylation sites is 1. The fourth-order valence-electron chi connectivity index (χ4n) is 1.60. The van der Waals surface area contributed by atoms with Gasteiger partial charge in [0.2, 0.25) is 0 Å². The second-order valence-electron chi connectivity index (χ2n) is 3.99. The summed E-state index contributed by atoms with van der Waals surface area (Å²) >= 11 is 4.78. The Hall–Kier alpha value is -2.08. The zero-order valence-corrected chi connectivity index (χ0v) is 11.0. The molecule has 6 heteroatoms. The minimum atomic E-state index is -4.45. The highest BCUT2D eigenvalue weighted by Crippen LogP contribution is 2.34. The first-order valence-corrected chi connectivity index (χ1v) is 6.02. The smallest absolute Gasteiger partial charge is 0.416 e. The van der Waals surface area contributed by atoms with Crippen molar-refractivity contribution >= 4 is 17.2 Å². The quantitative estimate of drug-likeness (QED) is 0.865. The molecule has 2 N–H and O–H groups in total. The van der Waals surface area contributed by atoms with Crippen LogP contribution in [0, 0.1) is 0 Å². The molecule has 0 fully saturated rings. The molecule has 0 atom stereocenters. The SMILES string of the molecule is NC(=S)c1cc(C(F)(F)F)ccc1Oc1ccccc1. The normalized spacial score (nSPS) is 11.2. The minimum Gasteiger partial charge on any atom is -0.457 e. The first-order valence-electron chi connectivity index (χ1n) is 5.62. The molecule has 0 aliphatic carbocycles. The van der Waals surface area contributed by atoms with E-state index < -0.39 is 11.7 Å². The van der Waals surface area contributed by atoms with E-state index in [-0.39, 0.29) is 16.3 Å². The first-order chi connectivity index (χ1) is 9.38. The average molecular weight is 297 g/mol. The van der Waals surface area contributed by atoms with Crippen molar-refractivity contribution < 1.29 is 17.9 Å². The van der Waals surface area contributed by atoms with Crippen LogP contribution in [0.2, 0.25) is 0 Å². The molecular weight excluding hydrogens is 287 g/mol. The van der Waals surface area contributed by atoms with Gasteiger partial charge >= 0.3 is 6.18 Å². The molecule has 2 aromatic rings. The van der Waals surface area contributed by atoms with Gasteiger partial charge in [0.05, 0.1) is 11.1 Å². The number of alkyl halides is 3. The molecule has 0 saturated carbocycles. The largest absolute Gasteiger partial charge is 0.457 e. The van der Waals surface area contributed by atoms with Crippen molar-refractivity contribution in [2.45, 2.75) is 6.18 Å². The summed E-state index contributed by atoms with van der Waals surface area (Å²) in [5, 5.41) is 0. The molecule has 104 valence electrons. The second-order valence-corrected chi connectivity index (χ2v) is 4.43. The van der Waals surface area contributed by atoms with E-state index in [9.17, 15) is 13.2 Å². The van der Waals surface area contributed by atoms with Crippen molar-refractivity contribution in [3.63, 3.8) is 0 Å². The molecule has 0 aromatic heterocycles. The van der Waals surface area contributed by atoms with E-state index in [0.29, 0.717) is 5.75 Å². The lowest BCUT2D eigenvalue weighted by Gasteiger charge is -2.13.